The summed E-state index contributed by atoms with van der Waals surface area (Å²) >= 11 is 0. The van der Waals surface area contributed by atoms with E-state index in [1.54, 1.807) is 20.2 Å². The minimum atomic E-state index is -4.31. The number of rotatable bonds is 8. The molecule has 1 unspecified atom stereocenters. The quantitative estimate of drug-likeness (QED) is 0.295. The van der Waals surface area contributed by atoms with Gasteiger partial charge in [-0.1, -0.05) is 25.1 Å². The molecule has 0 saturated carbocycles. The standard InChI is InChI=1S/C21H33F3N4O.HI/c1-16(17-5-4-6-18(15-17)21(22,23)24)7-10-26-20(25-2)27-19-8-11-28(12-9-19)13-14-29-3;/h4-6,15-16,19H,7-14H2,1-3H3,(H2,25,26,27);1H. The van der Waals surface area contributed by atoms with Crippen molar-refractivity contribution >= 4 is 29.9 Å². The Morgan fingerprint density at radius 2 is 2.00 bits per heavy atom. The van der Waals surface area contributed by atoms with Crippen molar-refractivity contribution in [3.05, 3.63) is 35.4 Å². The highest BCUT2D eigenvalue weighted by Gasteiger charge is 2.30. The molecule has 5 nitrogen and oxygen atoms in total. The first kappa shape index (κ1) is 27.0. The summed E-state index contributed by atoms with van der Waals surface area (Å²) in [6.07, 6.45) is -1.49. The number of nitrogens with zero attached hydrogens (tertiary/aromatic N) is 2. The number of benzene rings is 1. The van der Waals surface area contributed by atoms with Crippen molar-refractivity contribution in [1.29, 1.82) is 0 Å². The molecule has 0 aliphatic carbocycles. The molecule has 1 heterocycles. The van der Waals surface area contributed by atoms with Crippen LogP contribution in [0, 0.1) is 0 Å². The van der Waals surface area contributed by atoms with Gasteiger partial charge >= 0.3 is 6.18 Å². The first-order valence-electron chi connectivity index (χ1n) is 10.2. The van der Waals surface area contributed by atoms with Gasteiger partial charge in [-0.2, -0.15) is 13.2 Å². The van der Waals surface area contributed by atoms with Crippen LogP contribution in [-0.4, -0.2) is 63.8 Å². The number of alkyl halides is 3. The maximum atomic E-state index is 12.9. The molecule has 1 aromatic rings. The van der Waals surface area contributed by atoms with E-state index in [0.29, 0.717) is 18.2 Å². The van der Waals surface area contributed by atoms with Gasteiger partial charge in [0, 0.05) is 46.4 Å². The summed E-state index contributed by atoms with van der Waals surface area (Å²) in [6, 6.07) is 5.96. The van der Waals surface area contributed by atoms with Crippen LogP contribution in [0.2, 0.25) is 0 Å². The lowest BCUT2D eigenvalue weighted by atomic mass is 9.96. The van der Waals surface area contributed by atoms with Crippen LogP contribution >= 0.6 is 24.0 Å². The maximum absolute atomic E-state index is 12.9. The van der Waals surface area contributed by atoms with E-state index < -0.39 is 11.7 Å². The van der Waals surface area contributed by atoms with Crippen LogP contribution in [0.5, 0.6) is 0 Å². The van der Waals surface area contributed by atoms with Crippen LogP contribution in [0.1, 0.15) is 43.2 Å². The zero-order valence-electron chi connectivity index (χ0n) is 18.0. The van der Waals surface area contributed by atoms with E-state index in [-0.39, 0.29) is 29.9 Å². The van der Waals surface area contributed by atoms with Crippen LogP contribution in [-0.2, 0) is 10.9 Å². The average molecular weight is 542 g/mol. The zero-order valence-corrected chi connectivity index (χ0v) is 20.3. The normalized spacial score (nSPS) is 17.3. The molecule has 0 radical (unpaired) electrons. The molecule has 1 aliphatic heterocycles. The fraction of sp³-hybridized carbons (Fsp3) is 0.667. The van der Waals surface area contributed by atoms with E-state index in [0.717, 1.165) is 57.5 Å². The van der Waals surface area contributed by atoms with Gasteiger partial charge in [0.05, 0.1) is 12.2 Å². The summed E-state index contributed by atoms with van der Waals surface area (Å²) in [5, 5.41) is 6.75. The third kappa shape index (κ3) is 8.97. The van der Waals surface area contributed by atoms with Crippen molar-refractivity contribution in [2.75, 3.05) is 46.9 Å². The third-order valence-corrected chi connectivity index (χ3v) is 5.42. The second-order valence-corrected chi connectivity index (χ2v) is 7.56. The number of hydrogen-bond donors (Lipinski definition) is 2. The van der Waals surface area contributed by atoms with Gasteiger partial charge in [0.2, 0.25) is 0 Å². The molecule has 1 atom stereocenters. The smallest absolute Gasteiger partial charge is 0.383 e. The Morgan fingerprint density at radius 1 is 1.30 bits per heavy atom. The molecular formula is C21H34F3IN4O. The monoisotopic (exact) mass is 542 g/mol. The van der Waals surface area contributed by atoms with E-state index in [2.05, 4.69) is 20.5 Å². The Morgan fingerprint density at radius 3 is 2.60 bits per heavy atom. The summed E-state index contributed by atoms with van der Waals surface area (Å²) in [6.45, 7) is 6.37. The molecule has 0 aromatic heterocycles. The van der Waals surface area contributed by atoms with Crippen molar-refractivity contribution in [3.8, 4) is 0 Å². The van der Waals surface area contributed by atoms with Crippen LogP contribution in [0.25, 0.3) is 0 Å². The number of nitrogens with one attached hydrogen (secondary N) is 2. The Labute approximate surface area is 194 Å². The van der Waals surface area contributed by atoms with Gasteiger partial charge in [0.25, 0.3) is 0 Å². The fourth-order valence-corrected chi connectivity index (χ4v) is 3.50. The highest BCUT2D eigenvalue weighted by molar-refractivity contribution is 14.0. The van der Waals surface area contributed by atoms with Crippen molar-refractivity contribution in [1.82, 2.24) is 15.5 Å². The summed E-state index contributed by atoms with van der Waals surface area (Å²) < 4.78 is 43.8. The average Bonchev–Trinajstić information content (AvgIpc) is 2.71. The Kier molecular flexibility index (Phi) is 12.0. The van der Waals surface area contributed by atoms with Crippen LogP contribution < -0.4 is 10.6 Å². The fourth-order valence-electron chi connectivity index (χ4n) is 3.50. The van der Waals surface area contributed by atoms with E-state index in [1.807, 2.05) is 6.92 Å². The van der Waals surface area contributed by atoms with Gasteiger partial charge in [0.15, 0.2) is 5.96 Å². The number of piperidine rings is 1. The molecule has 172 valence electrons. The first-order chi connectivity index (χ1) is 13.8. The Hall–Kier alpha value is -1.07. The Balaban J connectivity index is 0.00000450. The second-order valence-electron chi connectivity index (χ2n) is 7.56. The molecule has 1 aliphatic rings. The third-order valence-electron chi connectivity index (χ3n) is 5.42. The Bertz CT molecular complexity index is 649. The lowest BCUT2D eigenvalue weighted by Crippen LogP contribution is -2.49. The highest BCUT2D eigenvalue weighted by Crippen LogP contribution is 2.31. The van der Waals surface area contributed by atoms with Gasteiger partial charge < -0.3 is 20.3 Å². The molecule has 2 rings (SSSR count). The summed E-state index contributed by atoms with van der Waals surface area (Å²) in [5.41, 5.74) is 0.108. The minimum absolute atomic E-state index is 0. The minimum Gasteiger partial charge on any atom is -0.383 e. The number of guanidine groups is 1. The largest absolute Gasteiger partial charge is 0.416 e. The van der Waals surface area contributed by atoms with Crippen LogP contribution in [0.3, 0.4) is 0 Å². The van der Waals surface area contributed by atoms with Gasteiger partial charge in [-0.25, -0.2) is 0 Å². The van der Waals surface area contributed by atoms with Crippen LogP contribution in [0.15, 0.2) is 29.3 Å². The molecule has 30 heavy (non-hydrogen) atoms. The molecule has 1 fully saturated rings. The summed E-state index contributed by atoms with van der Waals surface area (Å²) in [7, 11) is 3.46. The number of ether oxygens (including phenoxy) is 1. The van der Waals surface area contributed by atoms with Gasteiger partial charge in [-0.05, 0) is 36.8 Å². The van der Waals surface area contributed by atoms with Crippen LogP contribution in [0.4, 0.5) is 13.2 Å². The van der Waals surface area contributed by atoms with Crippen molar-refractivity contribution in [2.45, 2.75) is 44.3 Å². The summed E-state index contributed by atoms with van der Waals surface area (Å²) in [5.74, 6) is 0.767. The summed E-state index contributed by atoms with van der Waals surface area (Å²) in [4.78, 5) is 6.68. The number of halogens is 4. The predicted octanol–water partition coefficient (Wildman–Crippen LogP) is 4.09. The molecule has 1 saturated heterocycles. The number of methoxy groups -OCH3 is 1. The molecule has 1 aromatic carbocycles. The molecule has 0 bridgehead atoms. The molecule has 9 heteroatoms. The number of aliphatic imine (C=N–C) groups is 1. The van der Waals surface area contributed by atoms with E-state index >= 15 is 0 Å². The molecule has 2 N–H and O–H groups in total. The van der Waals surface area contributed by atoms with E-state index in [9.17, 15) is 13.2 Å². The van der Waals surface area contributed by atoms with E-state index in [1.165, 1.54) is 12.1 Å². The zero-order chi connectivity index (χ0) is 21.3. The topological polar surface area (TPSA) is 48.9 Å². The SMILES string of the molecule is CN=C(NCCC(C)c1cccc(C(F)(F)F)c1)NC1CCN(CCOC)CC1.I. The van der Waals surface area contributed by atoms with Gasteiger partial charge in [-0.15, -0.1) is 24.0 Å². The number of likely N-dealkylation sites (tertiary alicyclic amines) is 1. The maximum Gasteiger partial charge on any atom is 0.416 e. The lowest BCUT2D eigenvalue weighted by Gasteiger charge is -2.32. The highest BCUT2D eigenvalue weighted by atomic mass is 127. The molecule has 0 amide bonds. The number of hydrogen-bond acceptors (Lipinski definition) is 3. The van der Waals surface area contributed by atoms with Gasteiger partial charge in [0.1, 0.15) is 0 Å². The van der Waals surface area contributed by atoms with Crippen molar-refractivity contribution in [2.24, 2.45) is 4.99 Å². The second kappa shape index (κ2) is 13.4. The lowest BCUT2D eigenvalue weighted by molar-refractivity contribution is -0.137. The van der Waals surface area contributed by atoms with Gasteiger partial charge in [-0.3, -0.25) is 4.99 Å². The predicted molar refractivity (Wildman–Crippen MR) is 126 cm³/mol. The molecular weight excluding hydrogens is 508 g/mol. The first-order valence-corrected chi connectivity index (χ1v) is 10.2. The molecule has 0 spiro atoms. The van der Waals surface area contributed by atoms with Crippen molar-refractivity contribution in [3.63, 3.8) is 0 Å². The van der Waals surface area contributed by atoms with Crippen molar-refractivity contribution < 1.29 is 17.9 Å². The van der Waals surface area contributed by atoms with E-state index in [4.69, 9.17) is 4.74 Å².